The zero-order chi connectivity index (χ0) is 35.5. The van der Waals surface area contributed by atoms with Gasteiger partial charge in [0.2, 0.25) is 5.91 Å². The minimum absolute atomic E-state index is 0.0128. The van der Waals surface area contributed by atoms with Gasteiger partial charge in [-0.25, -0.2) is 9.59 Å². The molecule has 0 aromatic heterocycles. The van der Waals surface area contributed by atoms with Crippen molar-refractivity contribution in [2.45, 2.75) is 68.9 Å². The molecule has 3 N–H and O–H groups in total. The number of carbonyl (C=O) groups is 4. The first-order valence-electron chi connectivity index (χ1n) is 16.5. The summed E-state index contributed by atoms with van der Waals surface area (Å²) in [5.41, 5.74) is 1.62. The van der Waals surface area contributed by atoms with Crippen LogP contribution in [-0.4, -0.2) is 78.9 Å². The SMILES string of the molecule is O=C(C=Cc1ccccc1C(=O)OC1CC(C(=O)NCc2cccc(C(=O)NCCO)c2)=CC2OC(C3CC3)(C3CC3)OC21)OCC(F)(F)F. The van der Waals surface area contributed by atoms with Gasteiger partial charge in [-0.05, 0) is 67.2 Å². The van der Waals surface area contributed by atoms with Crippen LogP contribution in [0.3, 0.4) is 0 Å². The normalized spacial score (nSPS) is 22.7. The van der Waals surface area contributed by atoms with Crippen molar-refractivity contribution in [3.63, 3.8) is 0 Å². The summed E-state index contributed by atoms with van der Waals surface area (Å²) in [7, 11) is 0. The van der Waals surface area contributed by atoms with E-state index in [1.807, 2.05) is 0 Å². The molecule has 14 heteroatoms. The molecule has 1 saturated heterocycles. The summed E-state index contributed by atoms with van der Waals surface area (Å²) in [4.78, 5) is 51.4. The molecule has 11 nitrogen and oxygen atoms in total. The molecule has 1 aliphatic heterocycles. The zero-order valence-electron chi connectivity index (χ0n) is 26.9. The molecule has 2 amide bonds. The van der Waals surface area contributed by atoms with E-state index >= 15 is 0 Å². The highest BCUT2D eigenvalue weighted by molar-refractivity contribution is 5.97. The maximum Gasteiger partial charge on any atom is 0.422 e. The number of benzene rings is 2. The number of esters is 2. The lowest BCUT2D eigenvalue weighted by atomic mass is 9.91. The maximum absolute atomic E-state index is 13.6. The predicted octanol–water partition coefficient (Wildman–Crippen LogP) is 4.00. The van der Waals surface area contributed by atoms with E-state index in [0.717, 1.165) is 31.8 Å². The minimum atomic E-state index is -4.68. The minimum Gasteiger partial charge on any atom is -0.456 e. The summed E-state index contributed by atoms with van der Waals surface area (Å²) in [5, 5.41) is 14.4. The molecule has 2 aromatic carbocycles. The molecule has 266 valence electrons. The molecule has 0 bridgehead atoms. The number of halogens is 3. The summed E-state index contributed by atoms with van der Waals surface area (Å²) in [6.45, 7) is -1.72. The number of hydrogen-bond donors (Lipinski definition) is 3. The van der Waals surface area contributed by atoms with Crippen molar-refractivity contribution in [1.29, 1.82) is 0 Å². The van der Waals surface area contributed by atoms with Gasteiger partial charge in [0.1, 0.15) is 18.3 Å². The van der Waals surface area contributed by atoms with Gasteiger partial charge >= 0.3 is 18.1 Å². The molecule has 50 heavy (non-hydrogen) atoms. The van der Waals surface area contributed by atoms with E-state index in [4.69, 9.17) is 19.3 Å². The molecule has 6 rings (SSSR count). The fourth-order valence-electron chi connectivity index (χ4n) is 6.35. The number of aliphatic hydroxyl groups is 1. The number of fused-ring (bicyclic) bond motifs is 1. The Morgan fingerprint density at radius 2 is 1.70 bits per heavy atom. The zero-order valence-corrected chi connectivity index (χ0v) is 26.9. The number of rotatable bonds is 13. The van der Waals surface area contributed by atoms with Gasteiger partial charge in [-0.15, -0.1) is 0 Å². The third kappa shape index (κ3) is 8.42. The molecule has 3 fully saturated rings. The van der Waals surface area contributed by atoms with Crippen LogP contribution in [0.15, 0.2) is 66.3 Å². The maximum atomic E-state index is 13.6. The monoisotopic (exact) mass is 698 g/mol. The number of alkyl halides is 3. The third-order valence-electron chi connectivity index (χ3n) is 8.96. The first-order chi connectivity index (χ1) is 24.0. The van der Waals surface area contributed by atoms with Crippen LogP contribution in [-0.2, 0) is 35.1 Å². The van der Waals surface area contributed by atoms with Crippen molar-refractivity contribution < 1.29 is 56.4 Å². The first kappa shape index (κ1) is 35.3. The van der Waals surface area contributed by atoms with E-state index < -0.39 is 54.7 Å². The molecule has 3 atom stereocenters. The highest BCUT2D eigenvalue weighted by atomic mass is 19.4. The average Bonchev–Trinajstić information content (AvgIpc) is 4.05. The van der Waals surface area contributed by atoms with Gasteiger partial charge in [-0.1, -0.05) is 30.3 Å². The predicted molar refractivity (Wildman–Crippen MR) is 170 cm³/mol. The second-order valence-electron chi connectivity index (χ2n) is 12.8. The standard InChI is InChI=1S/C36H37F3N2O9/c37-35(38,39)20-47-30(43)13-8-22-5-1-2-7-27(22)34(46)48-28-17-24(18-29-31(28)50-36(49-29,25-9-10-25)26-11-12-26)33(45)41-19-21-4-3-6-23(16-21)32(44)40-14-15-42/h1-8,13,16,18,25-26,28-29,31,42H,9-12,14-15,17,19-20H2,(H,40,44)(H,41,45). The number of hydrogen-bond acceptors (Lipinski definition) is 9. The van der Waals surface area contributed by atoms with Crippen LogP contribution in [0.1, 0.15) is 63.9 Å². The van der Waals surface area contributed by atoms with E-state index in [2.05, 4.69) is 15.4 Å². The van der Waals surface area contributed by atoms with Crippen LogP contribution in [0.25, 0.3) is 6.08 Å². The Bertz CT molecular complexity index is 1670. The van der Waals surface area contributed by atoms with Gasteiger partial charge in [-0.2, -0.15) is 13.2 Å². The summed E-state index contributed by atoms with van der Waals surface area (Å²) in [6, 6.07) is 12.8. The molecule has 2 saturated carbocycles. The van der Waals surface area contributed by atoms with E-state index in [-0.39, 0.29) is 55.0 Å². The largest absolute Gasteiger partial charge is 0.456 e. The second kappa shape index (κ2) is 14.8. The summed E-state index contributed by atoms with van der Waals surface area (Å²) >= 11 is 0. The quantitative estimate of drug-likeness (QED) is 0.209. The molecule has 3 aliphatic carbocycles. The van der Waals surface area contributed by atoms with Gasteiger partial charge in [0.05, 0.1) is 12.2 Å². The molecular weight excluding hydrogens is 661 g/mol. The van der Waals surface area contributed by atoms with Crippen molar-refractivity contribution in [3.8, 4) is 0 Å². The Morgan fingerprint density at radius 1 is 0.960 bits per heavy atom. The Kier molecular flexibility index (Phi) is 10.4. The fraction of sp³-hybridized carbons (Fsp3) is 0.444. The van der Waals surface area contributed by atoms with Crippen LogP contribution in [0.4, 0.5) is 13.2 Å². The Hall–Kier alpha value is -4.53. The molecule has 0 radical (unpaired) electrons. The van der Waals surface area contributed by atoms with Crippen LogP contribution >= 0.6 is 0 Å². The van der Waals surface area contributed by atoms with Gasteiger partial charge in [0.15, 0.2) is 12.4 Å². The fourth-order valence-corrected chi connectivity index (χ4v) is 6.35. The van der Waals surface area contributed by atoms with Crippen molar-refractivity contribution in [1.82, 2.24) is 10.6 Å². The van der Waals surface area contributed by atoms with Crippen LogP contribution < -0.4 is 10.6 Å². The summed E-state index contributed by atoms with van der Waals surface area (Å²) in [5.74, 6) is -3.21. The molecule has 3 unspecified atom stereocenters. The molecule has 1 heterocycles. The van der Waals surface area contributed by atoms with E-state index in [1.165, 1.54) is 18.2 Å². The summed E-state index contributed by atoms with van der Waals surface area (Å²) in [6.07, 6.45) is 0.515. The molecule has 4 aliphatic rings. The highest BCUT2D eigenvalue weighted by Gasteiger charge is 2.64. The highest BCUT2D eigenvalue weighted by Crippen LogP contribution is 2.59. The van der Waals surface area contributed by atoms with Gasteiger partial charge in [0.25, 0.3) is 5.91 Å². The Balaban J connectivity index is 1.18. The van der Waals surface area contributed by atoms with E-state index in [9.17, 15) is 32.3 Å². The second-order valence-corrected chi connectivity index (χ2v) is 12.8. The lowest BCUT2D eigenvalue weighted by molar-refractivity contribution is -0.209. The van der Waals surface area contributed by atoms with Crippen molar-refractivity contribution in [2.24, 2.45) is 11.8 Å². The lowest BCUT2D eigenvalue weighted by Crippen LogP contribution is -2.44. The van der Waals surface area contributed by atoms with Gasteiger partial charge in [0, 0.05) is 48.6 Å². The first-order valence-corrected chi connectivity index (χ1v) is 16.5. The Labute approximate surface area is 285 Å². The van der Waals surface area contributed by atoms with Crippen molar-refractivity contribution in [2.75, 3.05) is 19.8 Å². The van der Waals surface area contributed by atoms with Crippen LogP contribution in [0.2, 0.25) is 0 Å². The van der Waals surface area contributed by atoms with E-state index in [1.54, 1.807) is 42.5 Å². The van der Waals surface area contributed by atoms with E-state index in [0.29, 0.717) is 16.7 Å². The van der Waals surface area contributed by atoms with Crippen LogP contribution in [0.5, 0.6) is 0 Å². The topological polar surface area (TPSA) is 149 Å². The number of amides is 2. The summed E-state index contributed by atoms with van der Waals surface area (Å²) < 4.78 is 60.8. The van der Waals surface area contributed by atoms with Gasteiger partial charge in [-0.3, -0.25) is 9.59 Å². The van der Waals surface area contributed by atoms with Crippen molar-refractivity contribution >= 4 is 29.8 Å². The molecular formula is C36H37F3N2O9. The Morgan fingerprint density at radius 3 is 2.40 bits per heavy atom. The lowest BCUT2D eigenvalue weighted by Gasteiger charge is -2.31. The number of aliphatic hydroxyl groups excluding tert-OH is 1. The van der Waals surface area contributed by atoms with Crippen molar-refractivity contribution in [3.05, 3.63) is 88.5 Å². The van der Waals surface area contributed by atoms with Crippen LogP contribution in [0, 0.1) is 11.8 Å². The molecule has 0 spiro atoms. The molecule has 2 aromatic rings. The number of carbonyl (C=O) groups excluding carboxylic acids is 4. The number of ether oxygens (including phenoxy) is 4. The average molecular weight is 699 g/mol. The van der Waals surface area contributed by atoms with Gasteiger partial charge < -0.3 is 34.7 Å². The number of nitrogens with one attached hydrogen (secondary N) is 2. The smallest absolute Gasteiger partial charge is 0.422 e. The third-order valence-corrected chi connectivity index (χ3v) is 8.96.